The van der Waals surface area contributed by atoms with Crippen molar-refractivity contribution >= 4 is 60.0 Å². The van der Waals surface area contributed by atoms with Crippen LogP contribution in [0, 0.1) is 0 Å². The lowest BCUT2D eigenvalue weighted by Gasteiger charge is -2.34. The molecule has 1 fully saturated rings. The van der Waals surface area contributed by atoms with E-state index in [1.54, 1.807) is 12.1 Å². The van der Waals surface area contributed by atoms with Crippen LogP contribution in [0.1, 0.15) is 0 Å². The van der Waals surface area contributed by atoms with E-state index < -0.39 is 10.0 Å². The molecule has 28 heavy (non-hydrogen) atoms. The zero-order valence-electron chi connectivity index (χ0n) is 15.5. The quantitative estimate of drug-likeness (QED) is 0.570. The maximum atomic E-state index is 12.8. The molecule has 0 aliphatic carbocycles. The molecule has 148 valence electrons. The van der Waals surface area contributed by atoms with Crippen LogP contribution in [0.25, 0.3) is 10.9 Å². The summed E-state index contributed by atoms with van der Waals surface area (Å²) in [7, 11) is 0.464. The van der Waals surface area contributed by atoms with Crippen LogP contribution in [0.3, 0.4) is 0 Å². The number of anilines is 2. The van der Waals surface area contributed by atoms with Gasteiger partial charge in [0.05, 0.1) is 9.30 Å². The van der Waals surface area contributed by atoms with Crippen molar-refractivity contribution < 1.29 is 8.42 Å². The third kappa shape index (κ3) is 3.61. The van der Waals surface area contributed by atoms with Gasteiger partial charge in [0.1, 0.15) is 10.0 Å². The van der Waals surface area contributed by atoms with E-state index in [9.17, 15) is 8.42 Å². The Morgan fingerprint density at radius 3 is 2.39 bits per heavy atom. The zero-order chi connectivity index (χ0) is 19.9. The molecule has 7 nitrogen and oxygen atoms in total. The van der Waals surface area contributed by atoms with E-state index in [2.05, 4.69) is 20.8 Å². The molecule has 0 saturated carbocycles. The van der Waals surface area contributed by atoms with Gasteiger partial charge in [0, 0.05) is 45.7 Å². The molecule has 0 unspecified atom stereocenters. The molecule has 3 heterocycles. The predicted octanol–water partition coefficient (Wildman–Crippen LogP) is 3.03. The van der Waals surface area contributed by atoms with Crippen LogP contribution >= 0.6 is 27.3 Å². The van der Waals surface area contributed by atoms with Gasteiger partial charge in [0.25, 0.3) is 10.0 Å². The van der Waals surface area contributed by atoms with Gasteiger partial charge in [-0.1, -0.05) is 12.1 Å². The first kappa shape index (κ1) is 19.6. The lowest BCUT2D eigenvalue weighted by Crippen LogP contribution is -2.49. The van der Waals surface area contributed by atoms with Gasteiger partial charge in [0.15, 0.2) is 0 Å². The molecule has 1 aliphatic rings. The molecule has 4 rings (SSSR count). The van der Waals surface area contributed by atoms with Crippen LogP contribution in [-0.4, -0.2) is 63.0 Å². The van der Waals surface area contributed by atoms with Gasteiger partial charge >= 0.3 is 0 Å². The highest BCUT2D eigenvalue weighted by Gasteiger charge is 2.30. The van der Waals surface area contributed by atoms with Crippen molar-refractivity contribution in [3.8, 4) is 0 Å². The average molecular weight is 482 g/mol. The largest absolute Gasteiger partial charge is 0.362 e. The lowest BCUT2D eigenvalue weighted by atomic mass is 10.2. The number of aromatic nitrogens is 2. The van der Waals surface area contributed by atoms with Crippen LogP contribution in [-0.2, 0) is 10.0 Å². The number of piperazine rings is 1. The lowest BCUT2D eigenvalue weighted by molar-refractivity contribution is 0.383. The summed E-state index contributed by atoms with van der Waals surface area (Å²) in [5, 5.41) is 1.00. The molecular weight excluding hydrogens is 462 g/mol. The highest BCUT2D eigenvalue weighted by Crippen LogP contribution is 2.30. The van der Waals surface area contributed by atoms with Crippen molar-refractivity contribution in [1.29, 1.82) is 0 Å². The minimum atomic E-state index is -3.46. The number of nitrogens with zero attached hydrogens (tertiary/aromatic N) is 5. The minimum absolute atomic E-state index is 0.365. The topological polar surface area (TPSA) is 69.6 Å². The van der Waals surface area contributed by atoms with Crippen molar-refractivity contribution in [2.75, 3.05) is 50.1 Å². The predicted molar refractivity (Wildman–Crippen MR) is 117 cm³/mol. The Labute approximate surface area is 176 Å². The molecule has 10 heteroatoms. The van der Waals surface area contributed by atoms with Gasteiger partial charge in [-0.05, 0) is 40.2 Å². The SMILES string of the molecule is CN(C)c1nc(N2CCN(S(=O)(=O)c3ccc(Br)s3)CC2)nc2ccccc12. The summed E-state index contributed by atoms with van der Waals surface area (Å²) in [5.74, 6) is 1.50. The summed E-state index contributed by atoms with van der Waals surface area (Å²) in [6.45, 7) is 1.92. The van der Waals surface area contributed by atoms with Gasteiger partial charge in [0.2, 0.25) is 5.95 Å². The fourth-order valence-corrected chi connectivity index (χ4v) is 6.81. The maximum Gasteiger partial charge on any atom is 0.252 e. The van der Waals surface area contributed by atoms with Crippen molar-refractivity contribution in [3.63, 3.8) is 0 Å². The third-order valence-electron chi connectivity index (χ3n) is 4.66. The summed E-state index contributed by atoms with van der Waals surface area (Å²) in [5.41, 5.74) is 0.884. The van der Waals surface area contributed by atoms with E-state index in [0.29, 0.717) is 36.3 Å². The zero-order valence-corrected chi connectivity index (χ0v) is 18.8. The number of hydrogen-bond acceptors (Lipinski definition) is 7. The molecule has 2 aromatic heterocycles. The number of fused-ring (bicyclic) bond motifs is 1. The number of halogens is 1. The second kappa shape index (κ2) is 7.58. The van der Waals surface area contributed by atoms with Crippen molar-refractivity contribution in [1.82, 2.24) is 14.3 Å². The molecule has 0 amide bonds. The molecule has 1 aliphatic heterocycles. The van der Waals surface area contributed by atoms with Gasteiger partial charge < -0.3 is 9.80 Å². The first-order chi connectivity index (χ1) is 13.4. The Kier molecular flexibility index (Phi) is 5.30. The van der Waals surface area contributed by atoms with Crippen LogP contribution in [0.5, 0.6) is 0 Å². The van der Waals surface area contributed by atoms with Gasteiger partial charge in [-0.15, -0.1) is 11.3 Å². The summed E-state index contributed by atoms with van der Waals surface area (Å²) in [4.78, 5) is 13.5. The van der Waals surface area contributed by atoms with E-state index >= 15 is 0 Å². The van der Waals surface area contributed by atoms with Crippen molar-refractivity contribution in [2.45, 2.75) is 4.21 Å². The van der Waals surface area contributed by atoms with E-state index in [4.69, 9.17) is 9.97 Å². The van der Waals surface area contributed by atoms with Crippen LogP contribution < -0.4 is 9.80 Å². The number of rotatable bonds is 4. The van der Waals surface area contributed by atoms with Crippen LogP contribution in [0.4, 0.5) is 11.8 Å². The molecule has 0 spiro atoms. The van der Waals surface area contributed by atoms with E-state index in [-0.39, 0.29) is 0 Å². The Bertz CT molecular complexity index is 1110. The van der Waals surface area contributed by atoms with Gasteiger partial charge in [-0.25, -0.2) is 13.4 Å². The van der Waals surface area contributed by atoms with Crippen LogP contribution in [0.15, 0.2) is 44.4 Å². The van der Waals surface area contributed by atoms with Crippen molar-refractivity contribution in [3.05, 3.63) is 40.2 Å². The normalized spacial score (nSPS) is 15.9. The summed E-state index contributed by atoms with van der Waals surface area (Å²) in [6.07, 6.45) is 0. The molecule has 3 aromatic rings. The second-order valence-corrected chi connectivity index (χ2v) is 11.3. The Morgan fingerprint density at radius 2 is 1.75 bits per heavy atom. The smallest absolute Gasteiger partial charge is 0.252 e. The molecule has 0 bridgehead atoms. The molecule has 0 radical (unpaired) electrons. The summed E-state index contributed by atoms with van der Waals surface area (Å²) in [6, 6.07) is 11.3. The summed E-state index contributed by atoms with van der Waals surface area (Å²) < 4.78 is 28.4. The highest BCUT2D eigenvalue weighted by atomic mass is 79.9. The number of para-hydroxylation sites is 1. The van der Waals surface area contributed by atoms with Crippen molar-refractivity contribution in [2.24, 2.45) is 0 Å². The number of benzene rings is 1. The number of sulfonamides is 1. The second-order valence-electron chi connectivity index (χ2n) is 6.71. The maximum absolute atomic E-state index is 12.8. The highest BCUT2D eigenvalue weighted by molar-refractivity contribution is 9.11. The van der Waals surface area contributed by atoms with E-state index in [0.717, 1.165) is 20.5 Å². The number of thiophene rings is 1. The first-order valence-electron chi connectivity index (χ1n) is 8.81. The van der Waals surface area contributed by atoms with Crippen LogP contribution in [0.2, 0.25) is 0 Å². The van der Waals surface area contributed by atoms with E-state index in [1.807, 2.05) is 43.3 Å². The molecule has 1 saturated heterocycles. The third-order valence-corrected chi connectivity index (χ3v) is 8.65. The molecular formula is C18H20BrN5O2S2. The molecule has 0 atom stereocenters. The average Bonchev–Trinajstić information content (AvgIpc) is 3.14. The standard InChI is InChI=1S/C18H20BrN5O2S2/c1-22(2)17-13-5-3-4-6-14(13)20-18(21-17)23-9-11-24(12-10-23)28(25,26)16-8-7-15(19)27-16/h3-8H,9-12H2,1-2H3. The molecule has 1 aromatic carbocycles. The molecule has 0 N–H and O–H groups in total. The van der Waals surface area contributed by atoms with Gasteiger partial charge in [-0.2, -0.15) is 9.29 Å². The fourth-order valence-electron chi connectivity index (χ4n) is 3.22. The Balaban J connectivity index is 1.57. The Hall–Kier alpha value is -1.75. The van der Waals surface area contributed by atoms with Gasteiger partial charge in [-0.3, -0.25) is 0 Å². The fraction of sp³-hybridized carbons (Fsp3) is 0.333. The minimum Gasteiger partial charge on any atom is -0.362 e. The summed E-state index contributed by atoms with van der Waals surface area (Å²) >= 11 is 4.57. The number of hydrogen-bond donors (Lipinski definition) is 0. The first-order valence-corrected chi connectivity index (χ1v) is 11.9. The van der Waals surface area contributed by atoms with E-state index in [1.165, 1.54) is 15.6 Å². The Morgan fingerprint density at radius 1 is 1.04 bits per heavy atom. The monoisotopic (exact) mass is 481 g/mol.